The summed E-state index contributed by atoms with van der Waals surface area (Å²) in [6.07, 6.45) is 1.63. The van der Waals surface area contributed by atoms with Crippen LogP contribution >= 0.6 is 24.0 Å². The van der Waals surface area contributed by atoms with E-state index in [9.17, 15) is 5.11 Å². The van der Waals surface area contributed by atoms with Gasteiger partial charge in [0.15, 0.2) is 0 Å². The topological polar surface area (TPSA) is 29.5 Å². The maximum Gasteiger partial charge on any atom is 0.136 e. The molecule has 0 aliphatic rings. The monoisotopic (exact) mass is 219 g/mol. The van der Waals surface area contributed by atoms with Crippen LogP contribution in [0.25, 0.3) is 0 Å². The second kappa shape index (κ2) is 6.10. The summed E-state index contributed by atoms with van der Waals surface area (Å²) >= 11 is 6.52. The fourth-order valence-corrected chi connectivity index (χ4v) is 1.33. The molecule has 0 heterocycles. The van der Waals surface area contributed by atoms with Crippen molar-refractivity contribution in [3.8, 4) is 0 Å². The third kappa shape index (κ3) is 5.76. The molecule has 0 atom stereocenters. The number of hydrogen-bond acceptors (Lipinski definition) is 4. The van der Waals surface area contributed by atoms with Crippen molar-refractivity contribution in [2.45, 2.75) is 0 Å². The summed E-state index contributed by atoms with van der Waals surface area (Å²) in [5.41, 5.74) is 0. The molecule has 0 amide bonds. The molecule has 0 aromatic heterocycles. The molecule has 0 aliphatic heterocycles. The highest BCUT2D eigenvalue weighted by molar-refractivity contribution is 8.23. The SMILES string of the molecule is CN(C)C(=S)SCC=C([O-])N(C)C. The molecule has 0 N–H and O–H groups in total. The van der Waals surface area contributed by atoms with Gasteiger partial charge in [0.1, 0.15) is 4.32 Å². The summed E-state index contributed by atoms with van der Waals surface area (Å²) in [4.78, 5) is 3.40. The van der Waals surface area contributed by atoms with Crippen LogP contribution in [0.4, 0.5) is 0 Å². The van der Waals surface area contributed by atoms with Crippen LogP contribution in [-0.4, -0.2) is 48.1 Å². The van der Waals surface area contributed by atoms with Crippen LogP contribution in [0.2, 0.25) is 0 Å². The van der Waals surface area contributed by atoms with Gasteiger partial charge in [-0.3, -0.25) is 0 Å². The van der Waals surface area contributed by atoms with Gasteiger partial charge < -0.3 is 14.9 Å². The molecule has 13 heavy (non-hydrogen) atoms. The second-order valence-corrected chi connectivity index (χ2v) is 4.56. The zero-order chi connectivity index (χ0) is 10.4. The van der Waals surface area contributed by atoms with E-state index in [0.29, 0.717) is 5.75 Å². The van der Waals surface area contributed by atoms with Gasteiger partial charge in [-0.1, -0.05) is 30.1 Å². The molecular formula is C8H15N2OS2-. The quantitative estimate of drug-likeness (QED) is 0.504. The zero-order valence-corrected chi connectivity index (χ0v) is 10.0. The van der Waals surface area contributed by atoms with Crippen LogP contribution in [-0.2, 0) is 0 Å². The first kappa shape index (κ1) is 12.6. The van der Waals surface area contributed by atoms with Crippen molar-refractivity contribution in [2.75, 3.05) is 33.9 Å². The van der Waals surface area contributed by atoms with Gasteiger partial charge in [-0.15, -0.1) is 0 Å². The van der Waals surface area contributed by atoms with E-state index in [0.717, 1.165) is 4.32 Å². The second-order valence-electron chi connectivity index (χ2n) is 2.91. The summed E-state index contributed by atoms with van der Waals surface area (Å²) < 4.78 is 0.794. The Morgan fingerprint density at radius 2 is 1.85 bits per heavy atom. The van der Waals surface area contributed by atoms with Crippen LogP contribution in [0.3, 0.4) is 0 Å². The minimum atomic E-state index is 0.0223. The van der Waals surface area contributed by atoms with Crippen molar-refractivity contribution in [3.05, 3.63) is 12.0 Å². The van der Waals surface area contributed by atoms with E-state index in [4.69, 9.17) is 12.2 Å². The lowest BCUT2D eigenvalue weighted by Gasteiger charge is -2.21. The maximum atomic E-state index is 11.1. The number of hydrogen-bond donors (Lipinski definition) is 0. The molecule has 0 saturated heterocycles. The lowest BCUT2D eigenvalue weighted by molar-refractivity contribution is -0.329. The average Bonchev–Trinajstić information content (AvgIpc) is 2.03. The van der Waals surface area contributed by atoms with E-state index in [-0.39, 0.29) is 5.88 Å². The molecule has 0 unspecified atom stereocenters. The predicted octanol–water partition coefficient (Wildman–Crippen LogP) is 0.329. The molecule has 0 saturated carbocycles. The van der Waals surface area contributed by atoms with Crippen molar-refractivity contribution >= 4 is 28.3 Å². The fourth-order valence-electron chi connectivity index (χ4n) is 0.496. The van der Waals surface area contributed by atoms with Crippen LogP contribution in [0.5, 0.6) is 0 Å². The highest BCUT2D eigenvalue weighted by atomic mass is 32.2. The highest BCUT2D eigenvalue weighted by Gasteiger charge is 1.96. The first-order valence-corrected chi connectivity index (χ1v) is 5.23. The fraction of sp³-hybridized carbons (Fsp3) is 0.625. The number of nitrogens with zero attached hydrogens (tertiary/aromatic N) is 2. The minimum absolute atomic E-state index is 0.0223. The van der Waals surface area contributed by atoms with Gasteiger partial charge in [0, 0.05) is 33.9 Å². The molecule has 76 valence electrons. The molecule has 0 spiro atoms. The van der Waals surface area contributed by atoms with E-state index >= 15 is 0 Å². The molecule has 0 rings (SSSR count). The smallest absolute Gasteiger partial charge is 0.136 e. The van der Waals surface area contributed by atoms with Gasteiger partial charge in [-0.2, -0.15) is 0 Å². The molecule has 0 fully saturated rings. The molecule has 0 aliphatic carbocycles. The van der Waals surface area contributed by atoms with Crippen molar-refractivity contribution in [1.82, 2.24) is 9.80 Å². The van der Waals surface area contributed by atoms with Gasteiger partial charge in [0.25, 0.3) is 0 Å². The lowest BCUT2D eigenvalue weighted by Crippen LogP contribution is -2.22. The van der Waals surface area contributed by atoms with E-state index in [1.165, 1.54) is 11.8 Å². The largest absolute Gasteiger partial charge is 0.861 e. The van der Waals surface area contributed by atoms with Crippen LogP contribution < -0.4 is 5.11 Å². The van der Waals surface area contributed by atoms with Gasteiger partial charge >= 0.3 is 0 Å². The predicted molar refractivity (Wildman–Crippen MR) is 60.5 cm³/mol. The van der Waals surface area contributed by atoms with Crippen LogP contribution in [0.15, 0.2) is 12.0 Å². The van der Waals surface area contributed by atoms with E-state index in [2.05, 4.69) is 0 Å². The summed E-state index contributed by atoms with van der Waals surface area (Å²) in [6, 6.07) is 0. The molecular weight excluding hydrogens is 204 g/mol. The van der Waals surface area contributed by atoms with E-state index in [1.54, 1.807) is 25.1 Å². The van der Waals surface area contributed by atoms with Crippen LogP contribution in [0.1, 0.15) is 0 Å². The molecule has 3 nitrogen and oxygen atoms in total. The van der Waals surface area contributed by atoms with Gasteiger partial charge in [-0.05, 0) is 5.88 Å². The number of thioether (sulfide) groups is 1. The molecule has 5 heteroatoms. The Labute approximate surface area is 89.4 Å². The zero-order valence-electron chi connectivity index (χ0n) is 8.40. The van der Waals surface area contributed by atoms with E-state index < -0.39 is 0 Å². The Hall–Kier alpha value is -0.420. The van der Waals surface area contributed by atoms with Gasteiger partial charge in [-0.25, -0.2) is 0 Å². The van der Waals surface area contributed by atoms with Crippen LogP contribution in [0, 0.1) is 0 Å². The summed E-state index contributed by atoms with van der Waals surface area (Å²) in [5.74, 6) is 0.655. The highest BCUT2D eigenvalue weighted by Crippen LogP contribution is 2.07. The maximum absolute atomic E-state index is 11.1. The Kier molecular flexibility index (Phi) is 5.90. The Bertz CT molecular complexity index is 202. The van der Waals surface area contributed by atoms with Crippen molar-refractivity contribution in [1.29, 1.82) is 0 Å². The van der Waals surface area contributed by atoms with Crippen molar-refractivity contribution in [3.63, 3.8) is 0 Å². The Morgan fingerprint density at radius 3 is 2.23 bits per heavy atom. The average molecular weight is 219 g/mol. The molecule has 0 aromatic carbocycles. The molecule has 0 radical (unpaired) electrons. The normalized spacial score (nSPS) is 11.2. The van der Waals surface area contributed by atoms with Gasteiger partial charge in [0.2, 0.25) is 0 Å². The van der Waals surface area contributed by atoms with Crippen molar-refractivity contribution in [2.24, 2.45) is 0 Å². The Balaban J connectivity index is 3.79. The first-order valence-electron chi connectivity index (χ1n) is 3.83. The first-order chi connectivity index (χ1) is 5.95. The Morgan fingerprint density at radius 1 is 1.31 bits per heavy atom. The van der Waals surface area contributed by atoms with Gasteiger partial charge in [0.05, 0.1) is 0 Å². The summed E-state index contributed by atoms with van der Waals surface area (Å²) in [6.45, 7) is 0. The number of rotatable bonds is 3. The third-order valence-electron chi connectivity index (χ3n) is 1.27. The lowest BCUT2D eigenvalue weighted by atomic mass is 10.6. The summed E-state index contributed by atoms with van der Waals surface area (Å²) in [5, 5.41) is 11.1. The van der Waals surface area contributed by atoms with Crippen molar-refractivity contribution < 1.29 is 5.11 Å². The third-order valence-corrected chi connectivity index (χ3v) is 2.93. The standard InChI is InChI=1S/C8H16N2OS2/c1-9(2)7(11)5-6-13-8(12)10(3)4/h5,11H,6H2,1-4H3/p-1. The molecule has 0 bridgehead atoms. The number of thiocarbonyl (C=S) groups is 1. The summed E-state index contributed by atoms with van der Waals surface area (Å²) in [7, 11) is 7.24. The molecule has 0 aromatic rings. The van der Waals surface area contributed by atoms with E-state index in [1.807, 2.05) is 19.0 Å². The minimum Gasteiger partial charge on any atom is -0.861 e.